The Morgan fingerprint density at radius 1 is 1.31 bits per heavy atom. The van der Waals surface area contributed by atoms with E-state index in [9.17, 15) is 13.2 Å². The van der Waals surface area contributed by atoms with Crippen LogP contribution in [0.2, 0.25) is 5.02 Å². The van der Waals surface area contributed by atoms with E-state index < -0.39 is 10.0 Å². The summed E-state index contributed by atoms with van der Waals surface area (Å²) in [5.74, 6) is -0.319. The van der Waals surface area contributed by atoms with Crippen molar-refractivity contribution in [2.24, 2.45) is 4.40 Å². The van der Waals surface area contributed by atoms with Crippen molar-refractivity contribution in [2.45, 2.75) is 23.8 Å². The van der Waals surface area contributed by atoms with Crippen LogP contribution in [0.3, 0.4) is 0 Å². The van der Waals surface area contributed by atoms with Crippen LogP contribution >= 0.6 is 11.6 Å². The molecule has 1 saturated heterocycles. The van der Waals surface area contributed by atoms with Crippen LogP contribution in [0.25, 0.3) is 11.1 Å². The molecule has 0 aliphatic carbocycles. The molecule has 0 saturated carbocycles. The van der Waals surface area contributed by atoms with Crippen molar-refractivity contribution >= 4 is 39.6 Å². The molecule has 1 amide bonds. The largest absolute Gasteiger partial charge is 0.379 e. The topological polar surface area (TPSA) is 106 Å². The third-order valence-corrected chi connectivity index (χ3v) is 7.10. The van der Waals surface area contributed by atoms with Gasteiger partial charge in [-0.05, 0) is 30.2 Å². The van der Waals surface area contributed by atoms with Crippen LogP contribution in [0.4, 0.5) is 5.69 Å². The van der Waals surface area contributed by atoms with Gasteiger partial charge in [-0.3, -0.25) is 9.48 Å². The molecular formula is C24H26ClN5O4S. The summed E-state index contributed by atoms with van der Waals surface area (Å²) >= 11 is 6.16. The number of amides is 1. The number of benzene rings is 2. The molecule has 1 aliphatic heterocycles. The SMILES string of the molecule is CN(C)/C=N/S(=O)(=O)c1cc(NC(=O)Cc2ccccc2Cl)ccc1-c1cnn(C2CCOC2)c1. The number of sulfonamides is 1. The van der Waals surface area contributed by atoms with Crippen molar-refractivity contribution in [2.75, 3.05) is 32.6 Å². The third kappa shape index (κ3) is 6.08. The summed E-state index contributed by atoms with van der Waals surface area (Å²) in [6.45, 7) is 1.23. The Labute approximate surface area is 209 Å². The van der Waals surface area contributed by atoms with Crippen molar-refractivity contribution in [1.29, 1.82) is 0 Å². The van der Waals surface area contributed by atoms with Crippen LogP contribution in [-0.2, 0) is 26.0 Å². The zero-order valence-corrected chi connectivity index (χ0v) is 21.0. The minimum Gasteiger partial charge on any atom is -0.379 e. The van der Waals surface area contributed by atoms with Gasteiger partial charge in [-0.15, -0.1) is 4.40 Å². The molecule has 2 heterocycles. The Kier molecular flexibility index (Phi) is 7.54. The molecule has 9 nitrogen and oxygen atoms in total. The lowest BCUT2D eigenvalue weighted by atomic mass is 10.1. The number of aromatic nitrogens is 2. The first-order chi connectivity index (χ1) is 16.7. The number of halogens is 1. The van der Waals surface area contributed by atoms with E-state index in [1.54, 1.807) is 67.6 Å². The molecule has 0 spiro atoms. The number of nitrogens with one attached hydrogen (secondary N) is 1. The quantitative estimate of drug-likeness (QED) is 0.363. The second kappa shape index (κ2) is 10.6. The van der Waals surface area contributed by atoms with Gasteiger partial charge in [-0.1, -0.05) is 35.9 Å². The molecule has 4 rings (SSSR count). The Bertz CT molecular complexity index is 1350. The van der Waals surface area contributed by atoms with Gasteiger partial charge in [0.25, 0.3) is 10.0 Å². The predicted octanol–water partition coefficient (Wildman–Crippen LogP) is 3.62. The molecule has 35 heavy (non-hydrogen) atoms. The van der Waals surface area contributed by atoms with Gasteiger partial charge in [-0.2, -0.15) is 13.5 Å². The number of hydrogen-bond acceptors (Lipinski definition) is 5. The number of anilines is 1. The average molecular weight is 516 g/mol. The van der Waals surface area contributed by atoms with E-state index in [0.717, 1.165) is 6.42 Å². The molecule has 1 aliphatic rings. The van der Waals surface area contributed by atoms with E-state index in [4.69, 9.17) is 16.3 Å². The van der Waals surface area contributed by atoms with Gasteiger partial charge >= 0.3 is 0 Å². The van der Waals surface area contributed by atoms with E-state index in [0.29, 0.717) is 40.6 Å². The standard InChI is InChI=1S/C24H26ClN5O4S/c1-29(2)16-27-35(32,33)23-12-19(28-24(31)11-17-5-3-4-6-22(17)25)7-8-21(23)18-13-26-30(14-18)20-9-10-34-15-20/h3-8,12-14,16,20H,9-11,15H2,1-2H3,(H,28,31)/b27-16+. The zero-order valence-electron chi connectivity index (χ0n) is 19.4. The number of carbonyl (C=O) groups is 1. The van der Waals surface area contributed by atoms with Crippen LogP contribution in [0.1, 0.15) is 18.0 Å². The first-order valence-electron chi connectivity index (χ1n) is 11.0. The lowest BCUT2D eigenvalue weighted by Gasteiger charge is -2.12. The van der Waals surface area contributed by atoms with Crippen molar-refractivity contribution in [3.8, 4) is 11.1 Å². The summed E-state index contributed by atoms with van der Waals surface area (Å²) in [6, 6.07) is 11.9. The van der Waals surface area contributed by atoms with E-state index in [-0.39, 0.29) is 23.3 Å². The van der Waals surface area contributed by atoms with Gasteiger partial charge < -0.3 is 15.0 Å². The minimum absolute atomic E-state index is 0.0339. The Balaban J connectivity index is 1.66. The number of ether oxygens (including phenoxy) is 1. The second-order valence-electron chi connectivity index (χ2n) is 8.41. The van der Waals surface area contributed by atoms with Crippen LogP contribution in [0.15, 0.2) is 64.2 Å². The van der Waals surface area contributed by atoms with Gasteiger partial charge in [0.2, 0.25) is 5.91 Å². The maximum absolute atomic E-state index is 13.2. The summed E-state index contributed by atoms with van der Waals surface area (Å²) in [7, 11) is -0.715. The normalized spacial score (nSPS) is 16.0. The average Bonchev–Trinajstić information content (AvgIpc) is 3.51. The number of carbonyl (C=O) groups excluding carboxylic acids is 1. The van der Waals surface area contributed by atoms with Crippen molar-refractivity contribution in [3.63, 3.8) is 0 Å². The monoisotopic (exact) mass is 515 g/mol. The first kappa shape index (κ1) is 24.9. The Morgan fingerprint density at radius 2 is 2.11 bits per heavy atom. The van der Waals surface area contributed by atoms with E-state index >= 15 is 0 Å². The van der Waals surface area contributed by atoms with Crippen LogP contribution in [0, 0.1) is 0 Å². The van der Waals surface area contributed by atoms with Crippen LogP contribution in [0.5, 0.6) is 0 Å². The molecule has 0 bridgehead atoms. The lowest BCUT2D eigenvalue weighted by molar-refractivity contribution is -0.115. The van der Waals surface area contributed by atoms with Crippen molar-refractivity contribution < 1.29 is 17.9 Å². The summed E-state index contributed by atoms with van der Waals surface area (Å²) in [5, 5.41) is 7.66. The molecule has 1 fully saturated rings. The summed E-state index contributed by atoms with van der Waals surface area (Å²) in [5.41, 5.74) is 2.08. The van der Waals surface area contributed by atoms with Gasteiger partial charge in [-0.25, -0.2) is 0 Å². The highest BCUT2D eigenvalue weighted by Crippen LogP contribution is 2.32. The molecule has 1 N–H and O–H groups in total. The van der Waals surface area contributed by atoms with Gasteiger partial charge in [0.1, 0.15) is 6.34 Å². The molecule has 2 aromatic carbocycles. The van der Waals surface area contributed by atoms with Gasteiger partial charge in [0.05, 0.1) is 30.2 Å². The summed E-state index contributed by atoms with van der Waals surface area (Å²) in [4.78, 5) is 14.1. The zero-order chi connectivity index (χ0) is 25.0. The third-order valence-electron chi connectivity index (χ3n) is 5.46. The number of rotatable bonds is 8. The Morgan fingerprint density at radius 3 is 2.83 bits per heavy atom. The minimum atomic E-state index is -4.07. The molecule has 1 aromatic heterocycles. The highest BCUT2D eigenvalue weighted by Gasteiger charge is 2.23. The maximum atomic E-state index is 13.2. The second-order valence-corrected chi connectivity index (χ2v) is 10.4. The smallest absolute Gasteiger partial charge is 0.284 e. The predicted molar refractivity (Wildman–Crippen MR) is 135 cm³/mol. The molecule has 11 heteroatoms. The van der Waals surface area contributed by atoms with E-state index in [2.05, 4.69) is 14.8 Å². The summed E-state index contributed by atoms with van der Waals surface area (Å²) < 4.78 is 37.3. The van der Waals surface area contributed by atoms with Crippen molar-refractivity contribution in [3.05, 3.63) is 65.4 Å². The van der Waals surface area contributed by atoms with E-state index in [1.165, 1.54) is 17.3 Å². The van der Waals surface area contributed by atoms with Gasteiger partial charge in [0.15, 0.2) is 0 Å². The highest BCUT2D eigenvalue weighted by molar-refractivity contribution is 7.90. The highest BCUT2D eigenvalue weighted by atomic mass is 35.5. The molecule has 184 valence electrons. The van der Waals surface area contributed by atoms with Crippen LogP contribution < -0.4 is 5.32 Å². The summed E-state index contributed by atoms with van der Waals surface area (Å²) in [6.07, 6.45) is 5.55. The van der Waals surface area contributed by atoms with Crippen LogP contribution in [-0.4, -0.2) is 62.7 Å². The fourth-order valence-corrected chi connectivity index (χ4v) is 5.06. The first-order valence-corrected chi connectivity index (χ1v) is 12.8. The molecule has 1 unspecified atom stereocenters. The maximum Gasteiger partial charge on any atom is 0.284 e. The molecule has 3 aromatic rings. The molecule has 0 radical (unpaired) electrons. The van der Waals surface area contributed by atoms with E-state index in [1.807, 2.05) is 0 Å². The number of hydrogen-bond donors (Lipinski definition) is 1. The fourth-order valence-electron chi connectivity index (χ4n) is 3.69. The number of nitrogens with zero attached hydrogens (tertiary/aromatic N) is 4. The molecule has 1 atom stereocenters. The fraction of sp³-hybridized carbons (Fsp3) is 0.292. The van der Waals surface area contributed by atoms with Gasteiger partial charge in [0, 0.05) is 48.7 Å². The lowest BCUT2D eigenvalue weighted by Crippen LogP contribution is -2.15. The Hall–Kier alpha value is -3.21. The van der Waals surface area contributed by atoms with Crippen molar-refractivity contribution in [1.82, 2.24) is 14.7 Å². The molecular weight excluding hydrogens is 490 g/mol.